The van der Waals surface area contributed by atoms with Crippen molar-refractivity contribution in [3.05, 3.63) is 45.2 Å². The number of nitrogens with one attached hydrogen (secondary N) is 1. The van der Waals surface area contributed by atoms with Gasteiger partial charge in [0.1, 0.15) is 11.7 Å². The SMILES string of the molecule is COc1cc(C(=O)NC2CCC(Oc3ncc(Cl)cn3)CC2)c([N+](=O)[O-])cc1OC. The molecule has 0 spiro atoms. The topological polar surface area (TPSA) is 126 Å². The van der Waals surface area contributed by atoms with E-state index in [0.717, 1.165) is 0 Å². The number of carbonyl (C=O) groups is 1. The Kier molecular flexibility index (Phi) is 6.88. The molecule has 0 unspecified atom stereocenters. The predicted octanol–water partition coefficient (Wildman–Crippen LogP) is 3.18. The lowest BCUT2D eigenvalue weighted by Gasteiger charge is -2.28. The van der Waals surface area contributed by atoms with Gasteiger partial charge in [0.2, 0.25) is 0 Å². The number of nitrogens with zero attached hydrogens (tertiary/aromatic N) is 3. The molecule has 1 N–H and O–H groups in total. The predicted molar refractivity (Wildman–Crippen MR) is 107 cm³/mol. The van der Waals surface area contributed by atoms with Gasteiger partial charge in [-0.3, -0.25) is 14.9 Å². The molecule has 160 valence electrons. The molecule has 0 aliphatic heterocycles. The molecule has 1 saturated carbocycles. The molecule has 1 heterocycles. The van der Waals surface area contributed by atoms with Crippen molar-refractivity contribution in [2.45, 2.75) is 37.8 Å². The van der Waals surface area contributed by atoms with Crippen LogP contribution in [0, 0.1) is 10.1 Å². The van der Waals surface area contributed by atoms with Crippen LogP contribution in [0.1, 0.15) is 36.0 Å². The van der Waals surface area contributed by atoms with E-state index in [1.54, 1.807) is 0 Å². The van der Waals surface area contributed by atoms with Gasteiger partial charge in [-0.15, -0.1) is 0 Å². The molecular formula is C19H21ClN4O6. The van der Waals surface area contributed by atoms with Gasteiger partial charge in [0, 0.05) is 12.1 Å². The van der Waals surface area contributed by atoms with Crippen LogP contribution in [0.3, 0.4) is 0 Å². The van der Waals surface area contributed by atoms with Crippen molar-refractivity contribution >= 4 is 23.2 Å². The fourth-order valence-corrected chi connectivity index (χ4v) is 3.40. The summed E-state index contributed by atoms with van der Waals surface area (Å²) in [6.45, 7) is 0. The quantitative estimate of drug-likeness (QED) is 0.518. The van der Waals surface area contributed by atoms with E-state index >= 15 is 0 Å². The Morgan fingerprint density at radius 1 is 1.13 bits per heavy atom. The molecule has 1 aromatic carbocycles. The van der Waals surface area contributed by atoms with E-state index in [2.05, 4.69) is 15.3 Å². The average Bonchev–Trinajstić information content (AvgIpc) is 2.75. The van der Waals surface area contributed by atoms with Crippen LogP contribution in [0.2, 0.25) is 5.02 Å². The van der Waals surface area contributed by atoms with Crippen LogP contribution in [-0.4, -0.2) is 47.2 Å². The van der Waals surface area contributed by atoms with Crippen molar-refractivity contribution in [1.29, 1.82) is 0 Å². The van der Waals surface area contributed by atoms with Crippen LogP contribution in [0.4, 0.5) is 5.69 Å². The Morgan fingerprint density at radius 3 is 2.30 bits per heavy atom. The number of methoxy groups -OCH3 is 2. The highest BCUT2D eigenvalue weighted by Gasteiger charge is 2.28. The standard InChI is InChI=1S/C19H21ClN4O6/c1-28-16-7-14(15(24(26)27)8-17(16)29-2)18(25)23-12-3-5-13(6-4-12)30-19-21-9-11(20)10-22-19/h7-10,12-13H,3-6H2,1-2H3,(H,23,25). The van der Waals surface area contributed by atoms with Crippen molar-refractivity contribution in [3.63, 3.8) is 0 Å². The summed E-state index contributed by atoms with van der Waals surface area (Å²) >= 11 is 5.76. The number of rotatable bonds is 7. The molecule has 0 radical (unpaired) electrons. The molecule has 11 heteroatoms. The molecule has 3 rings (SSSR count). The zero-order chi connectivity index (χ0) is 21.7. The number of ether oxygens (including phenoxy) is 3. The van der Waals surface area contributed by atoms with Crippen LogP contribution in [0.15, 0.2) is 24.5 Å². The van der Waals surface area contributed by atoms with E-state index < -0.39 is 10.8 Å². The zero-order valence-corrected chi connectivity index (χ0v) is 17.2. The maximum absolute atomic E-state index is 12.7. The first-order valence-electron chi connectivity index (χ1n) is 9.26. The summed E-state index contributed by atoms with van der Waals surface area (Å²) in [6.07, 6.45) is 5.54. The van der Waals surface area contributed by atoms with E-state index in [4.69, 9.17) is 25.8 Å². The minimum absolute atomic E-state index is 0.0743. The second kappa shape index (κ2) is 9.57. The number of nitro benzene ring substituents is 1. The lowest BCUT2D eigenvalue weighted by molar-refractivity contribution is -0.385. The van der Waals surface area contributed by atoms with Crippen LogP contribution < -0.4 is 19.5 Å². The molecule has 2 aromatic rings. The van der Waals surface area contributed by atoms with Gasteiger partial charge in [-0.1, -0.05) is 11.6 Å². The molecule has 1 aliphatic rings. The molecule has 0 atom stereocenters. The van der Waals surface area contributed by atoms with Crippen molar-refractivity contribution in [2.75, 3.05) is 14.2 Å². The van der Waals surface area contributed by atoms with Crippen molar-refractivity contribution in [1.82, 2.24) is 15.3 Å². The van der Waals surface area contributed by atoms with E-state index in [0.29, 0.717) is 30.7 Å². The summed E-state index contributed by atoms with van der Waals surface area (Å²) in [5.74, 6) is -0.107. The van der Waals surface area contributed by atoms with Gasteiger partial charge in [-0.05, 0) is 25.7 Å². The number of hydrogen-bond acceptors (Lipinski definition) is 8. The summed E-state index contributed by atoms with van der Waals surface area (Å²) in [5, 5.41) is 14.7. The third-order valence-corrected chi connectivity index (χ3v) is 5.02. The van der Waals surface area contributed by atoms with Gasteiger partial charge in [0.05, 0.1) is 42.6 Å². The Hall–Kier alpha value is -3.14. The number of halogens is 1. The fraction of sp³-hybridized carbons (Fsp3) is 0.421. The Balaban J connectivity index is 1.63. The summed E-state index contributed by atoms with van der Waals surface area (Å²) in [6, 6.07) is 2.63. The summed E-state index contributed by atoms with van der Waals surface area (Å²) in [7, 11) is 2.77. The fourth-order valence-electron chi connectivity index (χ4n) is 3.30. The Morgan fingerprint density at radius 2 is 1.73 bits per heavy atom. The van der Waals surface area contributed by atoms with E-state index in [9.17, 15) is 14.9 Å². The monoisotopic (exact) mass is 436 g/mol. The minimum Gasteiger partial charge on any atom is -0.493 e. The van der Waals surface area contributed by atoms with Crippen molar-refractivity contribution < 1.29 is 23.9 Å². The van der Waals surface area contributed by atoms with Crippen LogP contribution in [-0.2, 0) is 0 Å². The van der Waals surface area contributed by atoms with Crippen molar-refractivity contribution in [3.8, 4) is 17.5 Å². The number of nitro groups is 1. The molecule has 0 saturated heterocycles. The Labute approximate surface area is 177 Å². The van der Waals surface area contributed by atoms with Gasteiger partial charge < -0.3 is 19.5 Å². The van der Waals surface area contributed by atoms with E-state index in [1.165, 1.54) is 38.7 Å². The van der Waals surface area contributed by atoms with Crippen LogP contribution in [0.25, 0.3) is 0 Å². The highest BCUT2D eigenvalue weighted by atomic mass is 35.5. The van der Waals surface area contributed by atoms with Gasteiger partial charge in [-0.2, -0.15) is 0 Å². The van der Waals surface area contributed by atoms with Crippen LogP contribution in [0.5, 0.6) is 17.5 Å². The first-order valence-corrected chi connectivity index (χ1v) is 9.64. The van der Waals surface area contributed by atoms with Crippen molar-refractivity contribution in [2.24, 2.45) is 0 Å². The molecule has 1 aliphatic carbocycles. The largest absolute Gasteiger partial charge is 0.493 e. The maximum atomic E-state index is 12.7. The minimum atomic E-state index is -0.617. The number of hydrogen-bond donors (Lipinski definition) is 1. The number of amides is 1. The molecule has 1 amide bonds. The normalized spacial score (nSPS) is 18.4. The number of carbonyl (C=O) groups excluding carboxylic acids is 1. The molecule has 30 heavy (non-hydrogen) atoms. The zero-order valence-electron chi connectivity index (χ0n) is 16.5. The van der Waals surface area contributed by atoms with Gasteiger partial charge in [-0.25, -0.2) is 9.97 Å². The molecule has 0 bridgehead atoms. The highest BCUT2D eigenvalue weighted by Crippen LogP contribution is 2.34. The summed E-state index contributed by atoms with van der Waals surface area (Å²) in [4.78, 5) is 31.6. The van der Waals surface area contributed by atoms with Crippen LogP contribution >= 0.6 is 11.6 Å². The molecular weight excluding hydrogens is 416 g/mol. The van der Waals surface area contributed by atoms with Gasteiger partial charge >= 0.3 is 6.01 Å². The Bertz CT molecular complexity index is 916. The lowest BCUT2D eigenvalue weighted by Crippen LogP contribution is -2.40. The molecule has 1 aromatic heterocycles. The first kappa shape index (κ1) is 21.6. The summed E-state index contributed by atoms with van der Waals surface area (Å²) < 4.78 is 16.0. The summed E-state index contributed by atoms with van der Waals surface area (Å²) in [5.41, 5.74) is -0.423. The first-order chi connectivity index (χ1) is 14.4. The van der Waals surface area contributed by atoms with Gasteiger partial charge in [0.15, 0.2) is 11.5 Å². The third kappa shape index (κ3) is 5.07. The maximum Gasteiger partial charge on any atom is 0.316 e. The molecule has 1 fully saturated rings. The van der Waals surface area contributed by atoms with E-state index in [-0.39, 0.29) is 40.9 Å². The number of aromatic nitrogens is 2. The van der Waals surface area contributed by atoms with E-state index in [1.807, 2.05) is 0 Å². The number of benzene rings is 1. The second-order valence-corrected chi connectivity index (χ2v) is 7.17. The second-order valence-electron chi connectivity index (χ2n) is 6.73. The average molecular weight is 437 g/mol. The van der Waals surface area contributed by atoms with Gasteiger partial charge in [0.25, 0.3) is 11.6 Å². The molecule has 10 nitrogen and oxygen atoms in total. The lowest BCUT2D eigenvalue weighted by atomic mass is 9.92. The third-order valence-electron chi connectivity index (χ3n) is 4.82. The highest BCUT2D eigenvalue weighted by molar-refractivity contribution is 6.30. The smallest absolute Gasteiger partial charge is 0.316 e.